The smallest absolute Gasteiger partial charge is 0.261 e. The number of carbonyl (C=O) groups is 2. The van der Waals surface area contributed by atoms with Gasteiger partial charge in [-0.1, -0.05) is 30.3 Å². The molecule has 0 bridgehead atoms. The Morgan fingerprint density at radius 2 is 1.57 bits per heavy atom. The number of rotatable bonds is 6. The summed E-state index contributed by atoms with van der Waals surface area (Å²) in [6.45, 7) is 5.14. The second kappa shape index (κ2) is 7.58. The van der Waals surface area contributed by atoms with Gasteiger partial charge in [0.1, 0.15) is 5.75 Å². The Morgan fingerprint density at radius 1 is 0.957 bits per heavy atom. The number of nitrogens with one attached hydrogen (secondary N) is 1. The Kier molecular flexibility index (Phi) is 5.52. The zero-order chi connectivity index (χ0) is 16.8. The number of Topliss-reactive ketones (excluding diaryl/α,β-unsaturated/α-hetero) is 1. The maximum absolute atomic E-state index is 12.2. The molecule has 0 radical (unpaired) electrons. The molecule has 0 aliphatic rings. The fourth-order valence-corrected chi connectivity index (χ4v) is 2.18. The van der Waals surface area contributed by atoms with E-state index in [-0.39, 0.29) is 17.7 Å². The lowest BCUT2D eigenvalue weighted by molar-refractivity contribution is -0.127. The summed E-state index contributed by atoms with van der Waals surface area (Å²) in [5.74, 6) is 0.376. The van der Waals surface area contributed by atoms with E-state index in [9.17, 15) is 9.59 Å². The molecule has 2 unspecified atom stereocenters. The molecule has 23 heavy (non-hydrogen) atoms. The molecule has 0 aliphatic heterocycles. The molecule has 2 atom stereocenters. The van der Waals surface area contributed by atoms with Crippen LogP contribution in [0.2, 0.25) is 0 Å². The maximum atomic E-state index is 12.2. The summed E-state index contributed by atoms with van der Waals surface area (Å²) in [6.07, 6.45) is -0.621. The van der Waals surface area contributed by atoms with Crippen molar-refractivity contribution in [2.24, 2.45) is 0 Å². The summed E-state index contributed by atoms with van der Waals surface area (Å²) in [6, 6.07) is 16.4. The quantitative estimate of drug-likeness (QED) is 0.830. The van der Waals surface area contributed by atoms with Gasteiger partial charge in [-0.2, -0.15) is 0 Å². The summed E-state index contributed by atoms with van der Waals surface area (Å²) in [7, 11) is 0. The van der Waals surface area contributed by atoms with Crippen LogP contribution in [-0.2, 0) is 4.79 Å². The van der Waals surface area contributed by atoms with Crippen molar-refractivity contribution >= 4 is 11.7 Å². The molecule has 1 N–H and O–H groups in total. The highest BCUT2D eigenvalue weighted by atomic mass is 16.5. The summed E-state index contributed by atoms with van der Waals surface area (Å²) in [5.41, 5.74) is 1.66. The number of carbonyl (C=O) groups excluding carboxylic acids is 2. The van der Waals surface area contributed by atoms with Crippen LogP contribution in [0.15, 0.2) is 54.6 Å². The van der Waals surface area contributed by atoms with E-state index >= 15 is 0 Å². The van der Waals surface area contributed by atoms with Crippen LogP contribution in [0.5, 0.6) is 5.75 Å². The van der Waals surface area contributed by atoms with Gasteiger partial charge >= 0.3 is 0 Å². The second-order valence-corrected chi connectivity index (χ2v) is 5.48. The lowest BCUT2D eigenvalue weighted by atomic mass is 10.1. The Bertz CT molecular complexity index is 665. The first-order valence-corrected chi connectivity index (χ1v) is 7.60. The van der Waals surface area contributed by atoms with E-state index in [0.29, 0.717) is 11.3 Å². The highest BCUT2D eigenvalue weighted by Gasteiger charge is 2.17. The van der Waals surface area contributed by atoms with Gasteiger partial charge in [-0.15, -0.1) is 0 Å². The molecular formula is C19H21NO3. The molecule has 4 heteroatoms. The van der Waals surface area contributed by atoms with E-state index in [1.165, 1.54) is 6.92 Å². The van der Waals surface area contributed by atoms with Crippen LogP contribution in [0.3, 0.4) is 0 Å². The van der Waals surface area contributed by atoms with E-state index in [4.69, 9.17) is 4.74 Å². The van der Waals surface area contributed by atoms with E-state index in [0.717, 1.165) is 5.56 Å². The van der Waals surface area contributed by atoms with Gasteiger partial charge in [-0.05, 0) is 50.6 Å². The first-order chi connectivity index (χ1) is 11.0. The molecule has 0 heterocycles. The standard InChI is InChI=1S/C19H21NO3/c1-13(16-7-5-4-6-8-16)20-19(22)15(3)23-18-11-9-17(10-12-18)14(2)21/h4-13,15H,1-3H3,(H,20,22). The molecule has 0 aliphatic carbocycles. The van der Waals surface area contributed by atoms with Gasteiger partial charge in [0.25, 0.3) is 5.91 Å². The number of ketones is 1. The predicted octanol–water partition coefficient (Wildman–Crippen LogP) is 3.53. The number of hydrogen-bond acceptors (Lipinski definition) is 3. The molecule has 2 rings (SSSR count). The monoisotopic (exact) mass is 311 g/mol. The van der Waals surface area contributed by atoms with Crippen molar-refractivity contribution in [3.8, 4) is 5.75 Å². The van der Waals surface area contributed by atoms with Gasteiger partial charge in [-0.3, -0.25) is 9.59 Å². The van der Waals surface area contributed by atoms with Crippen LogP contribution in [0.4, 0.5) is 0 Å². The molecule has 0 saturated carbocycles. The molecule has 1 amide bonds. The lowest BCUT2D eigenvalue weighted by Gasteiger charge is -2.19. The van der Waals surface area contributed by atoms with Crippen molar-refractivity contribution in [2.75, 3.05) is 0 Å². The Hall–Kier alpha value is -2.62. The van der Waals surface area contributed by atoms with Crippen LogP contribution < -0.4 is 10.1 Å². The summed E-state index contributed by atoms with van der Waals surface area (Å²) in [5, 5.41) is 2.93. The van der Waals surface area contributed by atoms with Crippen LogP contribution >= 0.6 is 0 Å². The van der Waals surface area contributed by atoms with E-state index < -0.39 is 6.10 Å². The summed E-state index contributed by atoms with van der Waals surface area (Å²) in [4.78, 5) is 23.5. The number of hydrogen-bond donors (Lipinski definition) is 1. The number of amides is 1. The third-order valence-corrected chi connectivity index (χ3v) is 3.60. The molecular weight excluding hydrogens is 290 g/mol. The fourth-order valence-electron chi connectivity index (χ4n) is 2.18. The minimum Gasteiger partial charge on any atom is -0.481 e. The molecule has 2 aromatic carbocycles. The number of ether oxygens (including phenoxy) is 1. The van der Waals surface area contributed by atoms with Crippen molar-refractivity contribution in [1.82, 2.24) is 5.32 Å². The highest BCUT2D eigenvalue weighted by Crippen LogP contribution is 2.16. The van der Waals surface area contributed by atoms with E-state index in [1.807, 2.05) is 37.3 Å². The lowest BCUT2D eigenvalue weighted by Crippen LogP contribution is -2.37. The first-order valence-electron chi connectivity index (χ1n) is 7.60. The van der Waals surface area contributed by atoms with Crippen molar-refractivity contribution in [3.63, 3.8) is 0 Å². The topological polar surface area (TPSA) is 55.4 Å². The van der Waals surface area contributed by atoms with Gasteiger partial charge in [0.05, 0.1) is 6.04 Å². The highest BCUT2D eigenvalue weighted by molar-refractivity contribution is 5.94. The fraction of sp³-hybridized carbons (Fsp3) is 0.263. The zero-order valence-electron chi connectivity index (χ0n) is 13.6. The number of benzene rings is 2. The Morgan fingerprint density at radius 3 is 2.13 bits per heavy atom. The van der Waals surface area contributed by atoms with Crippen molar-refractivity contribution in [2.45, 2.75) is 32.9 Å². The maximum Gasteiger partial charge on any atom is 0.261 e. The van der Waals surface area contributed by atoms with Crippen LogP contribution in [0, 0.1) is 0 Å². The van der Waals surface area contributed by atoms with Gasteiger partial charge in [0, 0.05) is 5.56 Å². The first kappa shape index (κ1) is 16.7. The summed E-state index contributed by atoms with van der Waals surface area (Å²) < 4.78 is 5.62. The van der Waals surface area contributed by atoms with Crippen molar-refractivity contribution < 1.29 is 14.3 Å². The van der Waals surface area contributed by atoms with Gasteiger partial charge in [0.15, 0.2) is 11.9 Å². The van der Waals surface area contributed by atoms with Crippen LogP contribution in [0.25, 0.3) is 0 Å². The summed E-state index contributed by atoms with van der Waals surface area (Å²) >= 11 is 0. The average molecular weight is 311 g/mol. The Labute approximate surface area is 136 Å². The SMILES string of the molecule is CC(=O)c1ccc(OC(C)C(=O)NC(C)c2ccccc2)cc1. The van der Waals surface area contributed by atoms with E-state index in [1.54, 1.807) is 31.2 Å². The normalized spacial score (nSPS) is 13.0. The Balaban J connectivity index is 1.93. The molecule has 120 valence electrons. The third-order valence-electron chi connectivity index (χ3n) is 3.60. The van der Waals surface area contributed by atoms with Gasteiger partial charge < -0.3 is 10.1 Å². The molecule has 0 fully saturated rings. The average Bonchev–Trinajstić information content (AvgIpc) is 2.56. The molecule has 0 spiro atoms. The minimum absolute atomic E-state index is 0.000901. The van der Waals surface area contributed by atoms with E-state index in [2.05, 4.69) is 5.32 Å². The van der Waals surface area contributed by atoms with Crippen LogP contribution in [-0.4, -0.2) is 17.8 Å². The zero-order valence-corrected chi connectivity index (χ0v) is 13.6. The third kappa shape index (κ3) is 4.68. The van der Waals surface area contributed by atoms with Crippen molar-refractivity contribution in [1.29, 1.82) is 0 Å². The molecule has 4 nitrogen and oxygen atoms in total. The molecule has 0 saturated heterocycles. The second-order valence-electron chi connectivity index (χ2n) is 5.48. The van der Waals surface area contributed by atoms with Gasteiger partial charge in [-0.25, -0.2) is 0 Å². The van der Waals surface area contributed by atoms with Crippen molar-refractivity contribution in [3.05, 3.63) is 65.7 Å². The largest absolute Gasteiger partial charge is 0.481 e. The van der Waals surface area contributed by atoms with Gasteiger partial charge in [0.2, 0.25) is 0 Å². The van der Waals surface area contributed by atoms with Crippen LogP contribution in [0.1, 0.15) is 42.7 Å². The predicted molar refractivity (Wildman–Crippen MR) is 89.5 cm³/mol. The molecule has 2 aromatic rings. The molecule has 0 aromatic heterocycles. The minimum atomic E-state index is -0.621.